The molecule has 1 unspecified atom stereocenters. The van der Waals surface area contributed by atoms with Crippen LogP contribution in [0.1, 0.15) is 37.9 Å². The number of allylic oxidation sites excluding steroid dienone is 3. The van der Waals surface area contributed by atoms with Crippen molar-refractivity contribution < 1.29 is 18.7 Å². The summed E-state index contributed by atoms with van der Waals surface area (Å²) in [7, 11) is 1.34. The second-order valence-corrected chi connectivity index (χ2v) is 5.27. The Morgan fingerprint density at radius 1 is 1.43 bits per heavy atom. The van der Waals surface area contributed by atoms with Gasteiger partial charge in [-0.2, -0.15) is 0 Å². The van der Waals surface area contributed by atoms with Crippen molar-refractivity contribution in [1.29, 1.82) is 0 Å². The van der Waals surface area contributed by atoms with Gasteiger partial charge in [-0.15, -0.1) is 0 Å². The van der Waals surface area contributed by atoms with Gasteiger partial charge in [-0.3, -0.25) is 4.79 Å². The van der Waals surface area contributed by atoms with Crippen molar-refractivity contribution in [3.05, 3.63) is 46.7 Å². The Hall–Kier alpha value is -2.30. The van der Waals surface area contributed by atoms with Crippen LogP contribution in [-0.2, 0) is 14.3 Å². The Kier molecular flexibility index (Phi) is 3.41. The van der Waals surface area contributed by atoms with E-state index in [1.165, 1.54) is 7.11 Å². The molecule has 0 aromatic carbocycles. The third kappa shape index (κ3) is 2.18. The summed E-state index contributed by atoms with van der Waals surface area (Å²) in [5, 5.41) is 3.20. The lowest BCUT2D eigenvalue weighted by Crippen LogP contribution is -2.34. The molecule has 0 fully saturated rings. The molecule has 110 valence electrons. The van der Waals surface area contributed by atoms with Crippen molar-refractivity contribution in [2.45, 2.75) is 32.1 Å². The van der Waals surface area contributed by atoms with Crippen LogP contribution >= 0.6 is 0 Å². The predicted molar refractivity (Wildman–Crippen MR) is 75.2 cm³/mol. The molecule has 0 amide bonds. The number of methoxy groups -OCH3 is 1. The summed E-state index contributed by atoms with van der Waals surface area (Å²) in [6.07, 6.45) is 3.70. The number of hydrogen-bond acceptors (Lipinski definition) is 5. The number of rotatable bonds is 2. The summed E-state index contributed by atoms with van der Waals surface area (Å²) in [6.45, 7) is 1.82. The smallest absolute Gasteiger partial charge is 0.336 e. The number of carbonyl (C=O) groups excluding carboxylic acids is 2. The molecule has 1 aromatic heterocycles. The minimum Gasteiger partial charge on any atom is -0.468 e. The number of ether oxygens (including phenoxy) is 1. The molecule has 0 saturated carbocycles. The van der Waals surface area contributed by atoms with Crippen LogP contribution in [0.4, 0.5) is 0 Å². The lowest BCUT2D eigenvalue weighted by molar-refractivity contribution is -0.136. The van der Waals surface area contributed by atoms with Gasteiger partial charge in [0.2, 0.25) is 0 Å². The fraction of sp³-hybridized carbons (Fsp3) is 0.375. The highest BCUT2D eigenvalue weighted by atomic mass is 16.5. The lowest BCUT2D eigenvalue weighted by atomic mass is 9.77. The Bertz CT molecular complexity index is 652. The van der Waals surface area contributed by atoms with Gasteiger partial charge in [0.1, 0.15) is 5.76 Å². The molecule has 21 heavy (non-hydrogen) atoms. The van der Waals surface area contributed by atoms with E-state index < -0.39 is 11.9 Å². The van der Waals surface area contributed by atoms with E-state index in [0.29, 0.717) is 23.3 Å². The van der Waals surface area contributed by atoms with Crippen LogP contribution in [0.2, 0.25) is 0 Å². The van der Waals surface area contributed by atoms with Gasteiger partial charge < -0.3 is 14.5 Å². The van der Waals surface area contributed by atoms with Gasteiger partial charge >= 0.3 is 5.97 Å². The van der Waals surface area contributed by atoms with Gasteiger partial charge in [0.25, 0.3) is 0 Å². The Morgan fingerprint density at radius 3 is 2.90 bits per heavy atom. The number of furan rings is 1. The third-order valence-electron chi connectivity index (χ3n) is 4.01. The molecule has 0 saturated heterocycles. The highest BCUT2D eigenvalue weighted by Crippen LogP contribution is 2.42. The van der Waals surface area contributed by atoms with Gasteiger partial charge in [-0.1, -0.05) is 0 Å². The fourth-order valence-corrected chi connectivity index (χ4v) is 3.10. The molecule has 5 nitrogen and oxygen atoms in total. The zero-order valence-electron chi connectivity index (χ0n) is 12.1. The number of nitrogens with one attached hydrogen (secondary N) is 1. The van der Waals surface area contributed by atoms with Crippen LogP contribution < -0.4 is 5.32 Å². The summed E-state index contributed by atoms with van der Waals surface area (Å²) in [6, 6.07) is 3.55. The zero-order chi connectivity index (χ0) is 15.0. The molecular formula is C16H17NO4. The lowest BCUT2D eigenvalue weighted by Gasteiger charge is -2.32. The Balaban J connectivity index is 2.17. The van der Waals surface area contributed by atoms with Gasteiger partial charge in [-0.25, -0.2) is 4.79 Å². The van der Waals surface area contributed by atoms with Crippen molar-refractivity contribution in [2.75, 3.05) is 7.11 Å². The van der Waals surface area contributed by atoms with E-state index in [1.807, 2.05) is 6.92 Å². The second kappa shape index (κ2) is 5.24. The number of Topliss-reactive ketones (excluding diaryl/α,β-unsaturated/α-hetero) is 1. The molecule has 1 N–H and O–H groups in total. The topological polar surface area (TPSA) is 68.5 Å². The normalized spacial score (nSPS) is 22.0. The molecule has 0 spiro atoms. The maximum Gasteiger partial charge on any atom is 0.336 e. The summed E-state index contributed by atoms with van der Waals surface area (Å²) < 4.78 is 10.4. The van der Waals surface area contributed by atoms with Crippen LogP contribution in [-0.4, -0.2) is 18.9 Å². The Labute approximate surface area is 122 Å². The Morgan fingerprint density at radius 2 is 2.24 bits per heavy atom. The van der Waals surface area contributed by atoms with Crippen LogP contribution in [0.25, 0.3) is 0 Å². The molecule has 5 heteroatoms. The van der Waals surface area contributed by atoms with Crippen LogP contribution in [0.5, 0.6) is 0 Å². The van der Waals surface area contributed by atoms with E-state index in [2.05, 4.69) is 5.32 Å². The predicted octanol–water partition coefficient (Wildman–Crippen LogP) is 2.42. The summed E-state index contributed by atoms with van der Waals surface area (Å²) in [5.41, 5.74) is 2.71. The fourth-order valence-electron chi connectivity index (χ4n) is 3.10. The minimum atomic E-state index is -0.475. The van der Waals surface area contributed by atoms with E-state index in [0.717, 1.165) is 24.2 Å². The quantitative estimate of drug-likeness (QED) is 0.846. The highest BCUT2D eigenvalue weighted by Gasteiger charge is 2.40. The van der Waals surface area contributed by atoms with Crippen molar-refractivity contribution >= 4 is 11.8 Å². The molecule has 3 rings (SSSR count). The highest BCUT2D eigenvalue weighted by molar-refractivity contribution is 6.03. The summed E-state index contributed by atoms with van der Waals surface area (Å²) in [5.74, 6) is -0.249. The van der Waals surface area contributed by atoms with Gasteiger partial charge in [0.15, 0.2) is 5.78 Å². The maximum absolute atomic E-state index is 12.4. The van der Waals surface area contributed by atoms with Gasteiger partial charge in [-0.05, 0) is 31.9 Å². The number of carbonyl (C=O) groups is 2. The molecule has 1 aromatic rings. The molecule has 0 radical (unpaired) electrons. The molecular weight excluding hydrogens is 270 g/mol. The molecule has 2 heterocycles. The number of esters is 1. The van der Waals surface area contributed by atoms with E-state index in [-0.39, 0.29) is 5.78 Å². The van der Waals surface area contributed by atoms with Crippen LogP contribution in [0, 0.1) is 0 Å². The first-order valence-electron chi connectivity index (χ1n) is 6.99. The first-order valence-corrected chi connectivity index (χ1v) is 6.99. The number of hydrogen-bond donors (Lipinski definition) is 1. The average Bonchev–Trinajstić information content (AvgIpc) is 2.99. The van der Waals surface area contributed by atoms with Crippen molar-refractivity contribution in [2.24, 2.45) is 0 Å². The minimum absolute atomic E-state index is 0.0686. The van der Waals surface area contributed by atoms with Crippen LogP contribution in [0.3, 0.4) is 0 Å². The number of ketones is 1. The SMILES string of the molecule is COC(=O)C1=C(C)NC2=C(C(=O)CCC2)C1c1ccco1. The monoisotopic (exact) mass is 287 g/mol. The van der Waals surface area contributed by atoms with Crippen molar-refractivity contribution in [3.8, 4) is 0 Å². The largest absolute Gasteiger partial charge is 0.468 e. The molecule has 2 aliphatic rings. The number of dihydropyridines is 1. The average molecular weight is 287 g/mol. The molecule has 0 bridgehead atoms. The second-order valence-electron chi connectivity index (χ2n) is 5.27. The maximum atomic E-state index is 12.4. The van der Waals surface area contributed by atoms with Gasteiger partial charge in [0.05, 0.1) is 24.9 Å². The van der Waals surface area contributed by atoms with E-state index in [1.54, 1.807) is 18.4 Å². The molecule has 1 aliphatic carbocycles. The molecule has 1 aliphatic heterocycles. The van der Waals surface area contributed by atoms with E-state index >= 15 is 0 Å². The van der Waals surface area contributed by atoms with Crippen LogP contribution in [0.15, 0.2) is 45.4 Å². The first-order chi connectivity index (χ1) is 10.1. The summed E-state index contributed by atoms with van der Waals surface area (Å²) >= 11 is 0. The standard InChI is InChI=1S/C16H17NO4/c1-9-13(16(19)20-2)15(12-7-4-8-21-12)14-10(17-9)5-3-6-11(14)18/h4,7-8,15,17H,3,5-6H2,1-2H3. The first kappa shape index (κ1) is 13.7. The zero-order valence-corrected chi connectivity index (χ0v) is 12.1. The summed E-state index contributed by atoms with van der Waals surface area (Å²) in [4.78, 5) is 24.6. The van der Waals surface area contributed by atoms with E-state index in [9.17, 15) is 9.59 Å². The van der Waals surface area contributed by atoms with Crippen molar-refractivity contribution in [3.63, 3.8) is 0 Å². The van der Waals surface area contributed by atoms with Gasteiger partial charge in [0, 0.05) is 23.4 Å². The third-order valence-corrected chi connectivity index (χ3v) is 4.01. The van der Waals surface area contributed by atoms with E-state index in [4.69, 9.17) is 9.15 Å². The van der Waals surface area contributed by atoms with Crippen molar-refractivity contribution in [1.82, 2.24) is 5.32 Å². The molecule has 1 atom stereocenters.